The van der Waals surface area contributed by atoms with Crippen LogP contribution in [0.1, 0.15) is 66.2 Å². The number of ether oxygens (including phenoxy) is 2. The van der Waals surface area contributed by atoms with Gasteiger partial charge < -0.3 is 17.7 Å². The van der Waals surface area contributed by atoms with E-state index in [1.54, 1.807) is 0 Å². The topological polar surface area (TPSA) is 43.5 Å². The van der Waals surface area contributed by atoms with Crippen LogP contribution in [0.5, 0.6) is 0 Å². The van der Waals surface area contributed by atoms with Gasteiger partial charge in [0, 0.05) is 0 Å². The molecular weight excluding hydrogens is 437 g/mol. The van der Waals surface area contributed by atoms with Gasteiger partial charge in [0.25, 0.3) is 0 Å². The van der Waals surface area contributed by atoms with Crippen molar-refractivity contribution in [2.75, 3.05) is 0 Å². The Hall–Kier alpha value is 0.491. The van der Waals surface area contributed by atoms with Crippen molar-refractivity contribution in [2.45, 2.75) is 142 Å². The van der Waals surface area contributed by atoms with Crippen LogP contribution in [0.25, 0.3) is 0 Å². The fraction of sp³-hybridized carbons (Fsp3) is 1.00. The lowest BCUT2D eigenvalue weighted by atomic mass is 9.88. The van der Waals surface area contributed by atoms with Crippen LogP contribution in [-0.4, -0.2) is 49.6 Å². The smallest absolute Gasteiger partial charge is 0.311 e. The first kappa shape index (κ1) is 27.7. The number of hydrogen-bond acceptors (Lipinski definition) is 4. The minimum absolute atomic E-state index is 0. The first-order valence-electron chi connectivity index (χ1n) is 12.2. The van der Waals surface area contributed by atoms with E-state index in [1.807, 2.05) is 0 Å². The molecule has 2 aliphatic heterocycles. The third-order valence-electron chi connectivity index (χ3n) is 7.58. The Morgan fingerprint density at radius 2 is 1.00 bits per heavy atom. The summed E-state index contributed by atoms with van der Waals surface area (Å²) in [7, 11) is -5.46. The number of fused-ring (bicyclic) bond motifs is 2. The van der Waals surface area contributed by atoms with E-state index in [0.29, 0.717) is 24.4 Å². The Bertz CT molecular complexity index is 535. The van der Waals surface area contributed by atoms with Crippen LogP contribution < -0.4 is 0 Å². The van der Waals surface area contributed by atoms with Gasteiger partial charge in [0.15, 0.2) is 16.6 Å². The van der Waals surface area contributed by atoms with Crippen molar-refractivity contribution in [3.05, 3.63) is 0 Å². The number of epoxide rings is 2. The highest BCUT2D eigenvalue weighted by atomic mass is 28.5. The first-order chi connectivity index (χ1) is 13.5. The van der Waals surface area contributed by atoms with Crippen molar-refractivity contribution in [2.24, 2.45) is 11.8 Å². The quantitative estimate of drug-likeness (QED) is 0.239. The van der Waals surface area contributed by atoms with Crippen molar-refractivity contribution in [1.29, 1.82) is 0 Å². The van der Waals surface area contributed by atoms with E-state index in [-0.39, 0.29) is 14.9 Å². The van der Waals surface area contributed by atoms with Gasteiger partial charge in [0.2, 0.25) is 0 Å². The zero-order chi connectivity index (χ0) is 20.9. The maximum absolute atomic E-state index is 6.84. The Labute approximate surface area is 196 Å². The SMILES string of the molecule is C.C.C[Si](C)(CCC1CCC2OC2C1)O[Si](C)(C)O[Si](C)(C)CCC1CCC2OC2C1. The van der Waals surface area contributed by atoms with E-state index in [4.69, 9.17) is 17.7 Å². The molecule has 0 radical (unpaired) electrons. The molecule has 7 heteroatoms. The Morgan fingerprint density at radius 1 is 0.613 bits per heavy atom. The second-order valence-corrected chi connectivity index (χ2v) is 24.5. The molecule has 184 valence electrons. The summed E-state index contributed by atoms with van der Waals surface area (Å²) >= 11 is 0. The predicted molar refractivity (Wildman–Crippen MR) is 139 cm³/mol. The van der Waals surface area contributed by atoms with Crippen LogP contribution in [0.3, 0.4) is 0 Å². The molecular formula is C24H52O4Si3. The number of hydrogen-bond donors (Lipinski definition) is 0. The molecule has 6 unspecified atom stereocenters. The highest BCUT2D eigenvalue weighted by Gasteiger charge is 2.46. The lowest BCUT2D eigenvalue weighted by Crippen LogP contribution is -2.52. The minimum atomic E-state index is -2.08. The van der Waals surface area contributed by atoms with Gasteiger partial charge in [-0.25, -0.2) is 0 Å². The summed E-state index contributed by atoms with van der Waals surface area (Å²) < 4.78 is 25.1. The molecule has 31 heavy (non-hydrogen) atoms. The van der Waals surface area contributed by atoms with E-state index in [0.717, 1.165) is 11.8 Å². The second-order valence-electron chi connectivity index (χ2n) is 12.0. The van der Waals surface area contributed by atoms with E-state index in [2.05, 4.69) is 39.3 Å². The van der Waals surface area contributed by atoms with Gasteiger partial charge >= 0.3 is 8.56 Å². The highest BCUT2D eigenvalue weighted by Crippen LogP contribution is 2.43. The van der Waals surface area contributed by atoms with Gasteiger partial charge in [-0.2, -0.15) is 0 Å². The molecule has 6 atom stereocenters. The summed E-state index contributed by atoms with van der Waals surface area (Å²) in [5, 5.41) is 0. The van der Waals surface area contributed by atoms with Gasteiger partial charge in [-0.3, -0.25) is 0 Å². The largest absolute Gasteiger partial charge is 0.437 e. The van der Waals surface area contributed by atoms with E-state index >= 15 is 0 Å². The molecule has 4 fully saturated rings. The highest BCUT2D eigenvalue weighted by molar-refractivity contribution is 6.87. The van der Waals surface area contributed by atoms with E-state index < -0.39 is 25.2 Å². The van der Waals surface area contributed by atoms with Crippen molar-refractivity contribution >= 4 is 25.2 Å². The molecule has 2 saturated heterocycles. The third-order valence-corrected chi connectivity index (χ3v) is 18.9. The molecule has 0 bridgehead atoms. The van der Waals surface area contributed by atoms with Gasteiger partial charge in [-0.05, 0) is 102 Å². The van der Waals surface area contributed by atoms with Crippen molar-refractivity contribution in [3.8, 4) is 0 Å². The van der Waals surface area contributed by atoms with Gasteiger partial charge in [-0.1, -0.05) is 27.7 Å². The summed E-state index contributed by atoms with van der Waals surface area (Å²) in [6.07, 6.45) is 13.0. The molecule has 0 amide bonds. The minimum Gasteiger partial charge on any atom is -0.437 e. The fourth-order valence-corrected chi connectivity index (χ4v) is 20.3. The second kappa shape index (κ2) is 10.4. The lowest BCUT2D eigenvalue weighted by molar-refractivity contribution is 0.345. The maximum atomic E-state index is 6.84. The van der Waals surface area contributed by atoms with Gasteiger partial charge in [-0.15, -0.1) is 0 Å². The summed E-state index contributed by atoms with van der Waals surface area (Å²) in [5.74, 6) is 1.72. The molecule has 0 spiro atoms. The van der Waals surface area contributed by atoms with Crippen molar-refractivity contribution in [1.82, 2.24) is 0 Å². The molecule has 0 aromatic rings. The molecule has 2 aliphatic carbocycles. The molecule has 2 saturated carbocycles. The summed E-state index contributed by atoms with van der Waals surface area (Å²) in [4.78, 5) is 0. The molecule has 4 nitrogen and oxygen atoms in total. The first-order valence-corrected chi connectivity index (χ1v) is 21.3. The molecule has 0 N–H and O–H groups in total. The average molecular weight is 489 g/mol. The van der Waals surface area contributed by atoms with Crippen LogP contribution in [0.2, 0.25) is 51.4 Å². The average Bonchev–Trinajstić information content (AvgIpc) is 3.49. The zero-order valence-electron chi connectivity index (χ0n) is 19.7. The normalized spacial score (nSPS) is 34.6. The van der Waals surface area contributed by atoms with Crippen molar-refractivity contribution < 1.29 is 17.7 Å². The Kier molecular flexibility index (Phi) is 9.31. The Morgan fingerprint density at radius 3 is 1.35 bits per heavy atom. The maximum Gasteiger partial charge on any atom is 0.311 e. The van der Waals surface area contributed by atoms with E-state index in [1.165, 1.54) is 63.5 Å². The van der Waals surface area contributed by atoms with Crippen molar-refractivity contribution in [3.63, 3.8) is 0 Å². The monoisotopic (exact) mass is 488 g/mol. The molecule has 2 heterocycles. The molecule has 4 rings (SSSR count). The van der Waals surface area contributed by atoms with E-state index in [9.17, 15) is 0 Å². The molecule has 0 aromatic heterocycles. The van der Waals surface area contributed by atoms with Gasteiger partial charge in [0.05, 0.1) is 24.4 Å². The van der Waals surface area contributed by atoms with Gasteiger partial charge in [0.1, 0.15) is 0 Å². The summed E-state index contributed by atoms with van der Waals surface area (Å²) in [5.41, 5.74) is 0. The Balaban J connectivity index is 0.00000171. The summed E-state index contributed by atoms with van der Waals surface area (Å²) in [6.45, 7) is 14.2. The van der Waals surface area contributed by atoms with Crippen LogP contribution in [0.15, 0.2) is 0 Å². The van der Waals surface area contributed by atoms with Crippen LogP contribution in [0.4, 0.5) is 0 Å². The fourth-order valence-electron chi connectivity index (χ4n) is 6.06. The summed E-state index contributed by atoms with van der Waals surface area (Å²) in [6, 6.07) is 2.53. The molecule has 4 aliphatic rings. The number of rotatable bonds is 10. The van der Waals surface area contributed by atoms with Crippen LogP contribution in [-0.2, 0) is 17.7 Å². The molecule has 0 aromatic carbocycles. The van der Waals surface area contributed by atoms with Crippen LogP contribution >= 0.6 is 0 Å². The van der Waals surface area contributed by atoms with Crippen LogP contribution in [0, 0.1) is 11.8 Å². The lowest BCUT2D eigenvalue weighted by Gasteiger charge is -2.39. The standard InChI is InChI=1S/C22H44O4Si3.2CH4/c1-27(2,13-11-17-7-9-19-21(15-17)23-19)25-29(5,6)26-28(3,4)14-12-18-8-10-20-22(16-18)24-20;;/h17-22H,7-16H2,1-6H3;2*1H4. The predicted octanol–water partition coefficient (Wildman–Crippen LogP) is 7.32. The zero-order valence-corrected chi connectivity index (χ0v) is 22.7. The third kappa shape index (κ3) is 8.34.